The molecule has 5 nitrogen and oxygen atoms in total. The van der Waals surface area contributed by atoms with E-state index < -0.39 is 33.7 Å². The van der Waals surface area contributed by atoms with Crippen molar-refractivity contribution >= 4 is 11.6 Å². The second kappa shape index (κ2) is 5.75. The molecule has 1 amide bonds. The zero-order chi connectivity index (χ0) is 15.6. The van der Waals surface area contributed by atoms with E-state index >= 15 is 0 Å². The lowest BCUT2D eigenvalue weighted by atomic mass is 10.0. The van der Waals surface area contributed by atoms with Crippen LogP contribution >= 0.6 is 0 Å². The third-order valence-corrected chi connectivity index (χ3v) is 3.82. The number of rotatable bonds is 6. The van der Waals surface area contributed by atoms with E-state index in [2.05, 4.69) is 5.32 Å². The van der Waals surface area contributed by atoms with E-state index in [1.54, 1.807) is 0 Å². The van der Waals surface area contributed by atoms with Crippen LogP contribution in [0.15, 0.2) is 12.1 Å². The fourth-order valence-corrected chi connectivity index (χ4v) is 2.46. The number of amides is 1. The Morgan fingerprint density at radius 3 is 2.62 bits per heavy atom. The second-order valence-electron chi connectivity index (χ2n) is 5.48. The van der Waals surface area contributed by atoms with E-state index in [9.17, 15) is 23.7 Å². The number of carbonyl (C=O) groups excluding carboxylic acids is 1. The van der Waals surface area contributed by atoms with E-state index in [0.717, 1.165) is 25.7 Å². The van der Waals surface area contributed by atoms with Gasteiger partial charge in [0.1, 0.15) is 5.82 Å². The van der Waals surface area contributed by atoms with Crippen LogP contribution in [0.1, 0.15) is 43.0 Å². The van der Waals surface area contributed by atoms with Gasteiger partial charge in [0.15, 0.2) is 0 Å². The number of hydrogen-bond acceptors (Lipinski definition) is 3. The normalized spacial score (nSPS) is 15.6. The Kier molecular flexibility index (Phi) is 4.20. The zero-order valence-electron chi connectivity index (χ0n) is 11.6. The quantitative estimate of drug-likeness (QED) is 0.647. The first-order chi connectivity index (χ1) is 9.88. The standard InChI is InChI=1S/C14H16F2N2O3/c1-2-3-14(4-5-14)8-17-13(19)10-6-9(15)7-11(12(10)16)18(20)21/h6-7H,2-5,8H2,1H3,(H,17,19). The number of nitro benzene ring substituents is 1. The van der Waals surface area contributed by atoms with Crippen molar-refractivity contribution in [2.24, 2.45) is 5.41 Å². The molecule has 21 heavy (non-hydrogen) atoms. The maximum Gasteiger partial charge on any atom is 0.308 e. The van der Waals surface area contributed by atoms with Crippen molar-refractivity contribution in [1.29, 1.82) is 0 Å². The summed E-state index contributed by atoms with van der Waals surface area (Å²) in [5.41, 5.74) is -1.61. The number of halogens is 2. The summed E-state index contributed by atoms with van der Waals surface area (Å²) in [6.07, 6.45) is 3.93. The van der Waals surface area contributed by atoms with Crippen molar-refractivity contribution < 1.29 is 18.5 Å². The smallest absolute Gasteiger partial charge is 0.308 e. The van der Waals surface area contributed by atoms with Gasteiger partial charge in [-0.1, -0.05) is 13.3 Å². The van der Waals surface area contributed by atoms with E-state index in [1.807, 2.05) is 6.92 Å². The highest BCUT2D eigenvalue weighted by Gasteiger charge is 2.41. The van der Waals surface area contributed by atoms with Gasteiger partial charge < -0.3 is 5.32 Å². The average Bonchev–Trinajstić information content (AvgIpc) is 3.18. The van der Waals surface area contributed by atoms with Crippen LogP contribution in [0.2, 0.25) is 0 Å². The van der Waals surface area contributed by atoms with Crippen molar-refractivity contribution in [3.05, 3.63) is 39.4 Å². The zero-order valence-corrected chi connectivity index (χ0v) is 11.6. The third-order valence-electron chi connectivity index (χ3n) is 3.82. The van der Waals surface area contributed by atoms with Gasteiger partial charge in [0.25, 0.3) is 5.91 Å². The highest BCUT2D eigenvalue weighted by Crippen LogP contribution is 2.48. The Morgan fingerprint density at radius 1 is 1.43 bits per heavy atom. The molecule has 1 saturated carbocycles. The van der Waals surface area contributed by atoms with E-state index in [4.69, 9.17) is 0 Å². The van der Waals surface area contributed by atoms with Crippen molar-refractivity contribution in [2.75, 3.05) is 6.54 Å². The van der Waals surface area contributed by atoms with E-state index in [-0.39, 0.29) is 5.41 Å². The van der Waals surface area contributed by atoms with Gasteiger partial charge in [0.2, 0.25) is 5.82 Å². The highest BCUT2D eigenvalue weighted by molar-refractivity contribution is 5.95. The van der Waals surface area contributed by atoms with Crippen LogP contribution in [-0.2, 0) is 0 Å². The molecule has 0 radical (unpaired) electrons. The van der Waals surface area contributed by atoms with Crippen molar-refractivity contribution in [1.82, 2.24) is 5.32 Å². The topological polar surface area (TPSA) is 72.2 Å². The predicted molar refractivity (Wildman–Crippen MR) is 71.9 cm³/mol. The molecule has 0 saturated heterocycles. The second-order valence-corrected chi connectivity index (χ2v) is 5.48. The van der Waals surface area contributed by atoms with Gasteiger partial charge in [-0.3, -0.25) is 14.9 Å². The van der Waals surface area contributed by atoms with Gasteiger partial charge in [0.05, 0.1) is 16.6 Å². The molecule has 0 spiro atoms. The summed E-state index contributed by atoms with van der Waals surface area (Å²) < 4.78 is 27.2. The molecule has 2 rings (SSSR count). The molecule has 0 bridgehead atoms. The van der Waals surface area contributed by atoms with Crippen LogP contribution in [0.5, 0.6) is 0 Å². The predicted octanol–water partition coefficient (Wildman–Crippen LogP) is 3.18. The molecule has 1 aliphatic rings. The van der Waals surface area contributed by atoms with Gasteiger partial charge in [-0.05, 0) is 30.7 Å². The van der Waals surface area contributed by atoms with Crippen LogP contribution < -0.4 is 5.32 Å². The first kappa shape index (κ1) is 15.3. The van der Waals surface area contributed by atoms with Crippen LogP contribution in [0.3, 0.4) is 0 Å². The van der Waals surface area contributed by atoms with Crippen LogP contribution in [0.25, 0.3) is 0 Å². The molecule has 1 aliphatic carbocycles. The molecule has 114 valence electrons. The van der Waals surface area contributed by atoms with Gasteiger partial charge in [-0.15, -0.1) is 0 Å². The minimum Gasteiger partial charge on any atom is -0.351 e. The molecule has 0 unspecified atom stereocenters. The van der Waals surface area contributed by atoms with Gasteiger partial charge in [-0.25, -0.2) is 4.39 Å². The van der Waals surface area contributed by atoms with Gasteiger partial charge in [0, 0.05) is 6.54 Å². The maximum atomic E-state index is 13.9. The first-order valence-electron chi connectivity index (χ1n) is 6.80. The average molecular weight is 298 g/mol. The molecule has 0 aliphatic heterocycles. The Bertz CT molecular complexity index is 586. The summed E-state index contributed by atoms with van der Waals surface area (Å²) >= 11 is 0. The minimum atomic E-state index is -1.31. The Morgan fingerprint density at radius 2 is 2.10 bits per heavy atom. The summed E-state index contributed by atoms with van der Waals surface area (Å²) in [6, 6.07) is 1.14. The number of nitrogens with zero attached hydrogens (tertiary/aromatic N) is 1. The molecule has 1 aromatic rings. The fourth-order valence-electron chi connectivity index (χ4n) is 2.46. The molecule has 0 atom stereocenters. The number of hydrogen-bond donors (Lipinski definition) is 1. The molecule has 1 fully saturated rings. The maximum absolute atomic E-state index is 13.9. The molecular formula is C14H16F2N2O3. The van der Waals surface area contributed by atoms with E-state index in [0.29, 0.717) is 18.7 Å². The minimum absolute atomic E-state index is 0.0557. The number of carbonyl (C=O) groups is 1. The van der Waals surface area contributed by atoms with E-state index in [1.165, 1.54) is 0 Å². The van der Waals surface area contributed by atoms with Gasteiger partial charge >= 0.3 is 5.69 Å². The van der Waals surface area contributed by atoms with Crippen molar-refractivity contribution in [3.63, 3.8) is 0 Å². The fraction of sp³-hybridized carbons (Fsp3) is 0.500. The summed E-state index contributed by atoms with van der Waals surface area (Å²) in [7, 11) is 0. The summed E-state index contributed by atoms with van der Waals surface area (Å²) in [6.45, 7) is 2.42. The molecule has 7 heteroatoms. The van der Waals surface area contributed by atoms with Crippen LogP contribution in [0.4, 0.5) is 14.5 Å². The largest absolute Gasteiger partial charge is 0.351 e. The van der Waals surface area contributed by atoms with Gasteiger partial charge in [-0.2, -0.15) is 4.39 Å². The number of benzene rings is 1. The van der Waals surface area contributed by atoms with Crippen LogP contribution in [0, 0.1) is 27.2 Å². The summed E-state index contributed by atoms with van der Waals surface area (Å²) in [5.74, 6) is -3.14. The highest BCUT2D eigenvalue weighted by atomic mass is 19.1. The summed E-state index contributed by atoms with van der Waals surface area (Å²) in [4.78, 5) is 21.5. The molecular weight excluding hydrogens is 282 g/mol. The number of nitro groups is 1. The third kappa shape index (κ3) is 3.34. The molecule has 0 aromatic heterocycles. The Hall–Kier alpha value is -2.05. The molecule has 1 N–H and O–H groups in total. The Labute approximate surface area is 120 Å². The summed E-state index contributed by atoms with van der Waals surface area (Å²) in [5, 5.41) is 13.2. The molecule has 0 heterocycles. The first-order valence-corrected chi connectivity index (χ1v) is 6.80. The lowest BCUT2D eigenvalue weighted by Crippen LogP contribution is -2.31. The Balaban J connectivity index is 2.14. The molecule has 1 aromatic carbocycles. The lowest BCUT2D eigenvalue weighted by Gasteiger charge is -2.15. The number of nitrogens with one attached hydrogen (secondary N) is 1. The van der Waals surface area contributed by atoms with Crippen LogP contribution in [-0.4, -0.2) is 17.4 Å². The van der Waals surface area contributed by atoms with Crippen molar-refractivity contribution in [3.8, 4) is 0 Å². The lowest BCUT2D eigenvalue weighted by molar-refractivity contribution is -0.387. The SMILES string of the molecule is CCCC1(CNC(=O)c2cc(F)cc([N+](=O)[O-])c2F)CC1. The monoisotopic (exact) mass is 298 g/mol. The van der Waals surface area contributed by atoms with Crippen molar-refractivity contribution in [2.45, 2.75) is 32.6 Å².